The van der Waals surface area contributed by atoms with Gasteiger partial charge in [0, 0.05) is 6.04 Å². The van der Waals surface area contributed by atoms with Gasteiger partial charge in [0.1, 0.15) is 11.8 Å². The molecule has 1 aromatic heterocycles. The Labute approximate surface area is 84.8 Å². The average Bonchev–Trinajstić information content (AvgIpc) is 2.26. The Morgan fingerprint density at radius 1 is 1.43 bits per heavy atom. The average molecular weight is 189 g/mol. The SMILES string of the molecule is CCC(CC)Nc1ccc(C#N)nc1. The van der Waals surface area contributed by atoms with Crippen LogP contribution in [0.15, 0.2) is 18.3 Å². The van der Waals surface area contributed by atoms with Crippen LogP contribution in [0.5, 0.6) is 0 Å². The van der Waals surface area contributed by atoms with Crippen molar-refractivity contribution in [3.8, 4) is 6.07 Å². The lowest BCUT2D eigenvalue weighted by atomic mass is 10.1. The van der Waals surface area contributed by atoms with Gasteiger partial charge in [0.25, 0.3) is 0 Å². The zero-order valence-corrected chi connectivity index (χ0v) is 8.62. The molecule has 0 aliphatic heterocycles. The molecular weight excluding hydrogens is 174 g/mol. The van der Waals surface area contributed by atoms with Gasteiger partial charge in [-0.05, 0) is 25.0 Å². The lowest BCUT2D eigenvalue weighted by molar-refractivity contribution is 0.671. The maximum Gasteiger partial charge on any atom is 0.140 e. The van der Waals surface area contributed by atoms with Gasteiger partial charge in [-0.25, -0.2) is 4.98 Å². The van der Waals surface area contributed by atoms with Crippen molar-refractivity contribution in [1.29, 1.82) is 5.26 Å². The molecule has 1 rings (SSSR count). The molecule has 0 aromatic carbocycles. The molecule has 0 radical (unpaired) electrons. The third kappa shape index (κ3) is 2.74. The van der Waals surface area contributed by atoms with Gasteiger partial charge in [-0.3, -0.25) is 0 Å². The molecule has 1 N–H and O–H groups in total. The Kier molecular flexibility index (Phi) is 3.93. The molecule has 3 heteroatoms. The molecule has 0 unspecified atom stereocenters. The van der Waals surface area contributed by atoms with E-state index in [-0.39, 0.29) is 0 Å². The maximum absolute atomic E-state index is 8.57. The zero-order chi connectivity index (χ0) is 10.4. The Bertz CT molecular complexity index is 306. The molecule has 1 aromatic rings. The van der Waals surface area contributed by atoms with Crippen molar-refractivity contribution in [3.05, 3.63) is 24.0 Å². The fourth-order valence-electron chi connectivity index (χ4n) is 1.27. The molecule has 74 valence electrons. The number of hydrogen-bond donors (Lipinski definition) is 1. The summed E-state index contributed by atoms with van der Waals surface area (Å²) in [7, 11) is 0. The number of rotatable bonds is 4. The first kappa shape index (κ1) is 10.5. The molecule has 0 spiro atoms. The van der Waals surface area contributed by atoms with Crippen LogP contribution in [0.25, 0.3) is 0 Å². The highest BCUT2D eigenvalue weighted by Gasteiger charge is 2.02. The summed E-state index contributed by atoms with van der Waals surface area (Å²) >= 11 is 0. The third-order valence-corrected chi connectivity index (χ3v) is 2.23. The molecule has 0 aliphatic rings. The van der Waals surface area contributed by atoms with E-state index >= 15 is 0 Å². The van der Waals surface area contributed by atoms with Crippen molar-refractivity contribution in [1.82, 2.24) is 4.98 Å². The van der Waals surface area contributed by atoms with E-state index in [1.807, 2.05) is 12.1 Å². The number of nitrogens with one attached hydrogen (secondary N) is 1. The van der Waals surface area contributed by atoms with Gasteiger partial charge in [0.05, 0.1) is 11.9 Å². The van der Waals surface area contributed by atoms with Gasteiger partial charge in [0.2, 0.25) is 0 Å². The van der Waals surface area contributed by atoms with Gasteiger partial charge in [0.15, 0.2) is 0 Å². The number of hydrogen-bond acceptors (Lipinski definition) is 3. The summed E-state index contributed by atoms with van der Waals surface area (Å²) in [6.07, 6.45) is 3.89. The van der Waals surface area contributed by atoms with Crippen LogP contribution in [0.4, 0.5) is 5.69 Å². The molecule has 1 heterocycles. The van der Waals surface area contributed by atoms with Gasteiger partial charge >= 0.3 is 0 Å². The van der Waals surface area contributed by atoms with Crippen LogP contribution in [0, 0.1) is 11.3 Å². The molecule has 0 saturated carbocycles. The quantitative estimate of drug-likeness (QED) is 0.791. The summed E-state index contributed by atoms with van der Waals surface area (Å²) in [5.74, 6) is 0. The second-order valence-corrected chi connectivity index (χ2v) is 3.20. The summed E-state index contributed by atoms with van der Waals surface area (Å²) in [6, 6.07) is 6.11. The Balaban J connectivity index is 2.64. The molecule has 3 nitrogen and oxygen atoms in total. The fourth-order valence-corrected chi connectivity index (χ4v) is 1.27. The Morgan fingerprint density at radius 3 is 2.57 bits per heavy atom. The van der Waals surface area contributed by atoms with E-state index in [1.165, 1.54) is 0 Å². The molecule has 0 saturated heterocycles. The largest absolute Gasteiger partial charge is 0.381 e. The fraction of sp³-hybridized carbons (Fsp3) is 0.455. The molecule has 0 atom stereocenters. The first-order valence-corrected chi connectivity index (χ1v) is 4.92. The predicted molar refractivity (Wildman–Crippen MR) is 56.9 cm³/mol. The van der Waals surface area contributed by atoms with Crippen molar-refractivity contribution in [3.63, 3.8) is 0 Å². The minimum Gasteiger partial charge on any atom is -0.381 e. The molecule has 0 bridgehead atoms. The normalized spacial score (nSPS) is 9.86. The number of pyridine rings is 1. The zero-order valence-electron chi connectivity index (χ0n) is 8.62. The summed E-state index contributed by atoms with van der Waals surface area (Å²) in [5.41, 5.74) is 1.44. The van der Waals surface area contributed by atoms with Gasteiger partial charge in [-0.1, -0.05) is 13.8 Å². The van der Waals surface area contributed by atoms with Gasteiger partial charge < -0.3 is 5.32 Å². The van der Waals surface area contributed by atoms with E-state index in [4.69, 9.17) is 5.26 Å². The van der Waals surface area contributed by atoms with Crippen LogP contribution in [0.2, 0.25) is 0 Å². The van der Waals surface area contributed by atoms with Crippen LogP contribution < -0.4 is 5.32 Å². The predicted octanol–water partition coefficient (Wildman–Crippen LogP) is 2.55. The lowest BCUT2D eigenvalue weighted by Gasteiger charge is -2.15. The Hall–Kier alpha value is -1.56. The van der Waals surface area contributed by atoms with Crippen molar-refractivity contribution < 1.29 is 0 Å². The molecular formula is C11H15N3. The lowest BCUT2D eigenvalue weighted by Crippen LogP contribution is -2.16. The smallest absolute Gasteiger partial charge is 0.140 e. The first-order chi connectivity index (χ1) is 6.80. The number of anilines is 1. The van der Waals surface area contributed by atoms with Crippen LogP contribution in [0.1, 0.15) is 32.4 Å². The molecule has 14 heavy (non-hydrogen) atoms. The highest BCUT2D eigenvalue weighted by Crippen LogP contribution is 2.10. The summed E-state index contributed by atoms with van der Waals surface area (Å²) in [4.78, 5) is 4.00. The van der Waals surface area contributed by atoms with Crippen LogP contribution >= 0.6 is 0 Å². The van der Waals surface area contributed by atoms with Crippen LogP contribution in [-0.2, 0) is 0 Å². The van der Waals surface area contributed by atoms with Crippen molar-refractivity contribution in [2.24, 2.45) is 0 Å². The maximum atomic E-state index is 8.57. The summed E-state index contributed by atoms with van der Waals surface area (Å²) in [5, 5.41) is 11.9. The van der Waals surface area contributed by atoms with Crippen molar-refractivity contribution in [2.45, 2.75) is 32.7 Å². The second-order valence-electron chi connectivity index (χ2n) is 3.20. The highest BCUT2D eigenvalue weighted by atomic mass is 14.9. The van der Waals surface area contributed by atoms with E-state index in [1.54, 1.807) is 12.3 Å². The topological polar surface area (TPSA) is 48.7 Å². The standard InChI is InChI=1S/C11H15N3/c1-3-9(4-2)14-11-6-5-10(7-12)13-8-11/h5-6,8-9,14H,3-4H2,1-2H3. The molecule has 0 fully saturated rings. The number of nitriles is 1. The van der Waals surface area contributed by atoms with E-state index < -0.39 is 0 Å². The minimum absolute atomic E-state index is 0.458. The van der Waals surface area contributed by atoms with E-state index in [2.05, 4.69) is 24.1 Å². The van der Waals surface area contributed by atoms with Gasteiger partial charge in [-0.2, -0.15) is 5.26 Å². The monoisotopic (exact) mass is 189 g/mol. The third-order valence-electron chi connectivity index (χ3n) is 2.23. The summed E-state index contributed by atoms with van der Waals surface area (Å²) in [6.45, 7) is 4.30. The van der Waals surface area contributed by atoms with E-state index in [0.29, 0.717) is 11.7 Å². The Morgan fingerprint density at radius 2 is 2.14 bits per heavy atom. The molecule has 0 aliphatic carbocycles. The number of nitrogens with zero attached hydrogens (tertiary/aromatic N) is 2. The van der Waals surface area contributed by atoms with Crippen molar-refractivity contribution >= 4 is 5.69 Å². The second kappa shape index (κ2) is 5.23. The summed E-state index contributed by atoms with van der Waals surface area (Å²) < 4.78 is 0. The van der Waals surface area contributed by atoms with E-state index in [9.17, 15) is 0 Å². The van der Waals surface area contributed by atoms with Crippen LogP contribution in [0.3, 0.4) is 0 Å². The first-order valence-electron chi connectivity index (χ1n) is 4.92. The van der Waals surface area contributed by atoms with E-state index in [0.717, 1.165) is 18.5 Å². The molecule has 0 amide bonds. The van der Waals surface area contributed by atoms with Gasteiger partial charge in [-0.15, -0.1) is 0 Å². The number of aromatic nitrogens is 1. The highest BCUT2D eigenvalue weighted by molar-refractivity contribution is 5.43. The van der Waals surface area contributed by atoms with Crippen molar-refractivity contribution in [2.75, 3.05) is 5.32 Å². The minimum atomic E-state index is 0.458. The van der Waals surface area contributed by atoms with Crippen LogP contribution in [-0.4, -0.2) is 11.0 Å².